The number of hydrogen-bond donors (Lipinski definition) is 1. The molecule has 1 N–H and O–H groups in total. The average Bonchev–Trinajstić information content (AvgIpc) is 1.82. The van der Waals surface area contributed by atoms with Gasteiger partial charge < -0.3 is 0 Å². The molecule has 0 aromatic heterocycles. The molecule has 1 unspecified atom stereocenters. The second-order valence-electron chi connectivity index (χ2n) is 2.56. The fourth-order valence-electron chi connectivity index (χ4n) is 0.351. The van der Waals surface area contributed by atoms with E-state index in [1.165, 1.54) is 0 Å². The lowest BCUT2D eigenvalue weighted by Crippen LogP contribution is -2.13. The summed E-state index contributed by atoms with van der Waals surface area (Å²) in [5.41, 5.74) is 0. The van der Waals surface area contributed by atoms with Crippen molar-refractivity contribution < 1.29 is 0 Å². The highest BCUT2D eigenvalue weighted by atomic mass is 32.2. The molecule has 1 atom stereocenters. The number of nitrogens with one attached hydrogen (secondary N) is 1. The molecule has 9 heavy (non-hydrogen) atoms. The van der Waals surface area contributed by atoms with Crippen molar-refractivity contribution in [2.24, 2.45) is 5.92 Å². The Morgan fingerprint density at radius 1 is 1.33 bits per heavy atom. The van der Waals surface area contributed by atoms with Crippen LogP contribution >= 0.6 is 11.9 Å². The first kappa shape index (κ1) is 9.31. The maximum absolute atomic E-state index is 3.25. The molecule has 0 rings (SSSR count). The predicted octanol–water partition coefficient (Wildman–Crippen LogP) is 2.29. The molecule has 0 aliphatic carbocycles. The van der Waals surface area contributed by atoms with Crippen molar-refractivity contribution in [3.05, 3.63) is 0 Å². The highest BCUT2D eigenvalue weighted by molar-refractivity contribution is 7.98. The molecule has 0 fully saturated rings. The van der Waals surface area contributed by atoms with Crippen molar-refractivity contribution in [2.75, 3.05) is 6.54 Å². The van der Waals surface area contributed by atoms with E-state index < -0.39 is 0 Å². The van der Waals surface area contributed by atoms with Gasteiger partial charge in [0.1, 0.15) is 0 Å². The zero-order chi connectivity index (χ0) is 7.28. The lowest BCUT2D eigenvalue weighted by atomic mass is 10.2. The van der Waals surface area contributed by atoms with Crippen LogP contribution in [0.15, 0.2) is 0 Å². The van der Waals surface area contributed by atoms with E-state index in [0.717, 1.165) is 17.7 Å². The second-order valence-corrected chi connectivity index (χ2v) is 3.83. The van der Waals surface area contributed by atoms with Gasteiger partial charge >= 0.3 is 0 Å². The Bertz CT molecular complexity index is 63.9. The van der Waals surface area contributed by atoms with Crippen LogP contribution in [-0.2, 0) is 0 Å². The van der Waals surface area contributed by atoms with Gasteiger partial charge in [-0.1, -0.05) is 39.6 Å². The van der Waals surface area contributed by atoms with Gasteiger partial charge in [0.15, 0.2) is 0 Å². The SMILES string of the molecule is CCNSC(C)C(C)C. The fraction of sp³-hybridized carbons (Fsp3) is 1.00. The second kappa shape index (κ2) is 5.12. The molecule has 0 saturated carbocycles. The number of hydrogen-bond acceptors (Lipinski definition) is 2. The summed E-state index contributed by atoms with van der Waals surface area (Å²) in [7, 11) is 0. The molecule has 0 spiro atoms. The molecule has 2 heteroatoms. The summed E-state index contributed by atoms with van der Waals surface area (Å²) in [4.78, 5) is 0. The van der Waals surface area contributed by atoms with Gasteiger partial charge in [-0.3, -0.25) is 4.72 Å². The van der Waals surface area contributed by atoms with Crippen LogP contribution in [0.4, 0.5) is 0 Å². The topological polar surface area (TPSA) is 12.0 Å². The Morgan fingerprint density at radius 2 is 1.89 bits per heavy atom. The smallest absolute Gasteiger partial charge is 0.0187 e. The van der Waals surface area contributed by atoms with Crippen LogP contribution in [0.1, 0.15) is 27.7 Å². The largest absolute Gasteiger partial charge is 0.264 e. The summed E-state index contributed by atoms with van der Waals surface area (Å²) < 4.78 is 3.25. The van der Waals surface area contributed by atoms with Gasteiger partial charge in [-0.25, -0.2) is 0 Å². The van der Waals surface area contributed by atoms with Crippen molar-refractivity contribution in [3.63, 3.8) is 0 Å². The van der Waals surface area contributed by atoms with Crippen molar-refractivity contribution >= 4 is 11.9 Å². The highest BCUT2D eigenvalue weighted by Gasteiger charge is 2.05. The molecule has 0 aliphatic rings. The van der Waals surface area contributed by atoms with Crippen molar-refractivity contribution in [1.82, 2.24) is 4.72 Å². The third-order valence-electron chi connectivity index (χ3n) is 1.35. The molecule has 1 nitrogen and oxygen atoms in total. The first-order chi connectivity index (χ1) is 4.18. The Kier molecular flexibility index (Phi) is 5.30. The van der Waals surface area contributed by atoms with E-state index in [1.54, 1.807) is 0 Å². The molecule has 0 amide bonds. The molecular weight excluding hydrogens is 130 g/mol. The molecule has 0 heterocycles. The van der Waals surface area contributed by atoms with Gasteiger partial charge in [0.25, 0.3) is 0 Å². The highest BCUT2D eigenvalue weighted by Crippen LogP contribution is 2.14. The Balaban J connectivity index is 3.16. The van der Waals surface area contributed by atoms with E-state index in [1.807, 2.05) is 11.9 Å². The van der Waals surface area contributed by atoms with E-state index in [2.05, 4.69) is 32.4 Å². The Labute approximate surface area is 62.7 Å². The summed E-state index contributed by atoms with van der Waals surface area (Å²) in [5.74, 6) is 0.772. The van der Waals surface area contributed by atoms with Crippen LogP contribution in [0, 0.1) is 5.92 Å². The van der Waals surface area contributed by atoms with Gasteiger partial charge in [0.2, 0.25) is 0 Å². The minimum Gasteiger partial charge on any atom is -0.264 e. The summed E-state index contributed by atoms with van der Waals surface area (Å²) in [6.45, 7) is 9.92. The molecule has 0 bridgehead atoms. The van der Waals surface area contributed by atoms with Crippen LogP contribution in [-0.4, -0.2) is 11.8 Å². The summed E-state index contributed by atoms with van der Waals surface area (Å²) >= 11 is 1.83. The molecule has 56 valence electrons. The third kappa shape index (κ3) is 4.79. The van der Waals surface area contributed by atoms with Crippen molar-refractivity contribution in [3.8, 4) is 0 Å². The van der Waals surface area contributed by atoms with Gasteiger partial charge in [-0.05, 0) is 5.92 Å². The van der Waals surface area contributed by atoms with Gasteiger partial charge in [-0.15, -0.1) is 0 Å². The van der Waals surface area contributed by atoms with Crippen LogP contribution in [0.5, 0.6) is 0 Å². The van der Waals surface area contributed by atoms with E-state index in [-0.39, 0.29) is 0 Å². The molecule has 0 aromatic rings. The van der Waals surface area contributed by atoms with Gasteiger partial charge in [0.05, 0.1) is 0 Å². The molecule has 0 saturated heterocycles. The summed E-state index contributed by atoms with van der Waals surface area (Å²) in [5, 5.41) is 0.727. The zero-order valence-corrected chi connectivity index (χ0v) is 7.59. The fourth-order valence-corrected chi connectivity index (χ4v) is 1.05. The van der Waals surface area contributed by atoms with Crippen LogP contribution < -0.4 is 4.72 Å². The Morgan fingerprint density at radius 3 is 2.22 bits per heavy atom. The van der Waals surface area contributed by atoms with Crippen LogP contribution in [0.2, 0.25) is 0 Å². The molecular formula is C7H17NS. The minimum absolute atomic E-state index is 0.727. The summed E-state index contributed by atoms with van der Waals surface area (Å²) in [6.07, 6.45) is 0. The normalized spacial score (nSPS) is 14.3. The van der Waals surface area contributed by atoms with Crippen LogP contribution in [0.3, 0.4) is 0 Å². The minimum atomic E-state index is 0.727. The Hall–Kier alpha value is 0.310. The monoisotopic (exact) mass is 147 g/mol. The van der Waals surface area contributed by atoms with E-state index in [0.29, 0.717) is 0 Å². The van der Waals surface area contributed by atoms with Crippen molar-refractivity contribution in [2.45, 2.75) is 32.9 Å². The van der Waals surface area contributed by atoms with Gasteiger partial charge in [0, 0.05) is 11.8 Å². The van der Waals surface area contributed by atoms with E-state index in [4.69, 9.17) is 0 Å². The quantitative estimate of drug-likeness (QED) is 0.612. The first-order valence-electron chi connectivity index (χ1n) is 3.57. The van der Waals surface area contributed by atoms with Gasteiger partial charge in [-0.2, -0.15) is 0 Å². The van der Waals surface area contributed by atoms with Crippen molar-refractivity contribution in [1.29, 1.82) is 0 Å². The lowest BCUT2D eigenvalue weighted by molar-refractivity contribution is 0.639. The maximum Gasteiger partial charge on any atom is 0.0187 e. The maximum atomic E-state index is 3.25. The predicted molar refractivity (Wildman–Crippen MR) is 45.6 cm³/mol. The molecule has 0 aromatic carbocycles. The van der Waals surface area contributed by atoms with E-state index in [9.17, 15) is 0 Å². The third-order valence-corrected chi connectivity index (χ3v) is 2.72. The zero-order valence-electron chi connectivity index (χ0n) is 6.77. The molecule has 0 radical (unpaired) electrons. The number of rotatable bonds is 4. The lowest BCUT2D eigenvalue weighted by Gasteiger charge is -2.13. The van der Waals surface area contributed by atoms with Crippen LogP contribution in [0.25, 0.3) is 0 Å². The summed E-state index contributed by atoms with van der Waals surface area (Å²) in [6, 6.07) is 0. The van der Waals surface area contributed by atoms with E-state index >= 15 is 0 Å². The first-order valence-corrected chi connectivity index (χ1v) is 4.45. The standard InChI is InChI=1S/C7H17NS/c1-5-8-9-7(4)6(2)3/h6-8H,5H2,1-4H3. The average molecular weight is 147 g/mol. The molecule has 0 aliphatic heterocycles.